The minimum Gasteiger partial charge on any atom is -0.270 e. The fraction of sp³-hybridized carbons (Fsp3) is 0.647. The van der Waals surface area contributed by atoms with Gasteiger partial charge in [-0.05, 0) is 102 Å². The van der Waals surface area contributed by atoms with Gasteiger partial charge in [0, 0.05) is 0 Å². The van der Waals surface area contributed by atoms with E-state index in [0.717, 1.165) is 31.1 Å². The van der Waals surface area contributed by atoms with Gasteiger partial charge in [-0.15, -0.1) is 0 Å². The van der Waals surface area contributed by atoms with Gasteiger partial charge < -0.3 is 0 Å². The summed E-state index contributed by atoms with van der Waals surface area (Å²) < 4.78 is 82.9. The first kappa shape index (κ1) is 58.4. The maximum atomic E-state index is 11.6. The van der Waals surface area contributed by atoms with Gasteiger partial charge in [0.25, 0.3) is 30.4 Å². The van der Waals surface area contributed by atoms with Gasteiger partial charge in [0.2, 0.25) is 0 Å². The summed E-state index contributed by atoms with van der Waals surface area (Å²) in [6, 6.07) is 21.2. The molecule has 3 rings (SSSR count). The topological polar surface area (TPSA) is 130 Å². The number of hydrogen-bond acceptors (Lipinski definition) is 9. The molecule has 5 unspecified atom stereocenters. The quantitative estimate of drug-likeness (QED) is 0.0516. The molecule has 0 fully saturated rings. The normalized spacial score (nSPS) is 14.3. The lowest BCUT2D eigenvalue weighted by atomic mass is 9.90. The molecule has 0 N–H and O–H groups in total. The van der Waals surface area contributed by atoms with Gasteiger partial charge in [0.05, 0.1) is 36.0 Å². The Morgan fingerprint density at radius 2 is 0.667 bits per heavy atom. The van der Waals surface area contributed by atoms with Gasteiger partial charge in [0.1, 0.15) is 0 Å². The van der Waals surface area contributed by atoms with E-state index in [0.29, 0.717) is 17.8 Å². The van der Waals surface area contributed by atoms with E-state index in [1.54, 1.807) is 36.4 Å². The second-order valence-corrected chi connectivity index (χ2v) is 22.6. The highest BCUT2D eigenvalue weighted by molar-refractivity contribution is 7.87. The first-order valence-corrected chi connectivity index (χ1v) is 27.8. The first-order chi connectivity index (χ1) is 29.8. The second kappa shape index (κ2) is 31.3. The maximum absolute atomic E-state index is 11.6. The van der Waals surface area contributed by atoms with Crippen LogP contribution >= 0.6 is 0 Å². The summed E-state index contributed by atoms with van der Waals surface area (Å²) >= 11 is 0. The van der Waals surface area contributed by atoms with Crippen molar-refractivity contribution in [3.8, 4) is 0 Å². The molecule has 3 aromatic carbocycles. The fourth-order valence-corrected chi connectivity index (χ4v) is 9.27. The van der Waals surface area contributed by atoms with Crippen LogP contribution in [0.25, 0.3) is 0 Å². The Bertz CT molecular complexity index is 1960. The molecule has 360 valence electrons. The van der Waals surface area contributed by atoms with Crippen LogP contribution in [0.5, 0.6) is 0 Å². The monoisotopic (exact) mass is 937 g/mol. The number of unbranched alkanes of at least 4 members (excludes halogenated alkanes) is 7. The molecule has 0 aliphatic carbocycles. The van der Waals surface area contributed by atoms with Crippen molar-refractivity contribution in [1.29, 1.82) is 0 Å². The highest BCUT2D eigenvalue weighted by Crippen LogP contribution is 2.28. The Morgan fingerprint density at radius 3 is 1.02 bits per heavy atom. The Kier molecular flexibility index (Phi) is 29.0. The minimum absolute atomic E-state index is 0.220. The molecule has 5 atom stereocenters. The van der Waals surface area contributed by atoms with E-state index in [-0.39, 0.29) is 14.7 Å². The van der Waals surface area contributed by atoms with E-state index >= 15 is 0 Å². The Hall–Kier alpha value is -2.61. The lowest BCUT2D eigenvalue weighted by Gasteiger charge is -2.16. The molecule has 0 aromatic heterocycles. The van der Waals surface area contributed by atoms with Gasteiger partial charge in [0.15, 0.2) is 0 Å². The minimum atomic E-state index is -3.58. The van der Waals surface area contributed by atoms with E-state index in [2.05, 4.69) is 67.9 Å². The van der Waals surface area contributed by atoms with Crippen molar-refractivity contribution in [2.24, 2.45) is 11.8 Å². The van der Waals surface area contributed by atoms with Crippen LogP contribution in [0.2, 0.25) is 0 Å². The van der Waals surface area contributed by atoms with Crippen LogP contribution in [0.15, 0.2) is 87.5 Å². The molecule has 0 saturated carbocycles. The third kappa shape index (κ3) is 22.9. The van der Waals surface area contributed by atoms with E-state index in [9.17, 15) is 25.3 Å². The van der Waals surface area contributed by atoms with Crippen molar-refractivity contribution in [3.63, 3.8) is 0 Å². The molecular formula is C51H84O9S3. The van der Waals surface area contributed by atoms with Crippen molar-refractivity contribution in [2.45, 2.75) is 197 Å². The summed E-state index contributed by atoms with van der Waals surface area (Å²) in [5.74, 6) is 2.96. The second-order valence-electron chi connectivity index (χ2n) is 17.5. The van der Waals surface area contributed by atoms with Gasteiger partial charge in [-0.2, -0.15) is 25.3 Å². The summed E-state index contributed by atoms with van der Waals surface area (Å²) in [6.07, 6.45) is 21.4. The van der Waals surface area contributed by atoms with Gasteiger partial charge in [-0.1, -0.05) is 182 Å². The third-order valence-corrected chi connectivity index (χ3v) is 16.2. The van der Waals surface area contributed by atoms with Crippen molar-refractivity contribution in [3.05, 3.63) is 89.5 Å². The van der Waals surface area contributed by atoms with Crippen molar-refractivity contribution >= 4 is 30.4 Å². The van der Waals surface area contributed by atoms with E-state index < -0.39 is 30.4 Å². The number of hydrogen-bond donors (Lipinski definition) is 0. The predicted molar refractivity (Wildman–Crippen MR) is 261 cm³/mol. The number of benzene rings is 3. The molecule has 63 heavy (non-hydrogen) atoms. The third-order valence-electron chi connectivity index (χ3n) is 12.3. The molecule has 0 amide bonds. The lowest BCUT2D eigenvalue weighted by molar-refractivity contribution is 0.396. The summed E-state index contributed by atoms with van der Waals surface area (Å²) in [5, 5.41) is 0. The molecule has 0 radical (unpaired) electrons. The van der Waals surface area contributed by atoms with Crippen LogP contribution in [0, 0.1) is 11.8 Å². The summed E-state index contributed by atoms with van der Waals surface area (Å²) in [7, 11) is -7.17. The molecule has 0 heterocycles. The molecule has 12 heteroatoms. The molecule has 9 nitrogen and oxygen atoms in total. The van der Waals surface area contributed by atoms with Gasteiger partial charge in [-0.25, -0.2) is 0 Å². The van der Waals surface area contributed by atoms with E-state index in [1.807, 2.05) is 36.4 Å². The smallest absolute Gasteiger partial charge is 0.270 e. The zero-order valence-corrected chi connectivity index (χ0v) is 43.2. The zero-order chi connectivity index (χ0) is 47.5. The van der Waals surface area contributed by atoms with Crippen molar-refractivity contribution < 1.29 is 37.8 Å². The molecule has 0 saturated heterocycles. The van der Waals surface area contributed by atoms with E-state index in [4.69, 9.17) is 0 Å². The number of rotatable bonds is 28. The predicted octanol–water partition coefficient (Wildman–Crippen LogP) is 14.3. The summed E-state index contributed by atoms with van der Waals surface area (Å²) in [6.45, 7) is 17.9. The van der Waals surface area contributed by atoms with Crippen molar-refractivity contribution in [2.75, 3.05) is 21.3 Å². The van der Waals surface area contributed by atoms with Crippen LogP contribution in [0.3, 0.4) is 0 Å². The molecular weight excluding hydrogens is 853 g/mol. The molecule has 0 spiro atoms. The molecule has 0 aliphatic heterocycles. The zero-order valence-electron chi connectivity index (χ0n) is 40.7. The Morgan fingerprint density at radius 1 is 0.365 bits per heavy atom. The largest absolute Gasteiger partial charge is 0.296 e. The average molecular weight is 937 g/mol. The fourth-order valence-electron chi connectivity index (χ4n) is 7.29. The van der Waals surface area contributed by atoms with Gasteiger partial charge in [-0.3, -0.25) is 12.5 Å². The van der Waals surface area contributed by atoms with Crippen LogP contribution in [-0.2, 0) is 42.9 Å². The van der Waals surface area contributed by atoms with Gasteiger partial charge >= 0.3 is 0 Å². The Balaban J connectivity index is 0.000000472. The lowest BCUT2D eigenvalue weighted by Crippen LogP contribution is -2.04. The Labute approximate surface area is 385 Å². The molecule has 3 aromatic rings. The van der Waals surface area contributed by atoms with E-state index in [1.165, 1.54) is 128 Å². The summed E-state index contributed by atoms with van der Waals surface area (Å²) in [4.78, 5) is 0.663. The summed E-state index contributed by atoms with van der Waals surface area (Å²) in [5.41, 5.74) is 3.57. The highest BCUT2D eigenvalue weighted by atomic mass is 32.2. The van der Waals surface area contributed by atoms with Crippen molar-refractivity contribution in [1.82, 2.24) is 0 Å². The van der Waals surface area contributed by atoms with Crippen LogP contribution in [-0.4, -0.2) is 46.6 Å². The molecule has 0 aliphatic rings. The maximum Gasteiger partial charge on any atom is 0.296 e. The van der Waals surface area contributed by atoms with Crippen LogP contribution < -0.4 is 0 Å². The van der Waals surface area contributed by atoms with Crippen LogP contribution in [0.4, 0.5) is 0 Å². The highest BCUT2D eigenvalue weighted by Gasteiger charge is 2.17. The average Bonchev–Trinajstić information content (AvgIpc) is 3.30. The standard InChI is InChI=1S/3C17H28O3S/c1-5-14(2)8-6-7-9-15(3)16-10-12-17(13-11-16)21(18,19)20-4;1-5-6-7-14(2)8-9-15(3)16-10-12-17(13-11-16)21(18,19)20-4;1-4-5-6-7-8-9-10-15(2)16-11-13-17(14-12-16)21(18,19)20-3/h2*10-15H,5-9H2,1-4H3;11-15H,4-10H2,1-3H3. The van der Waals surface area contributed by atoms with Crippen LogP contribution in [0.1, 0.15) is 199 Å². The first-order valence-electron chi connectivity index (χ1n) is 23.5. The molecule has 0 bridgehead atoms. The SMILES string of the molecule is CCC(C)CCCCC(C)c1ccc(S(=O)(=O)OC)cc1.CCCCC(C)CCC(C)c1ccc(S(=O)(=O)OC)cc1.CCCCCCCCC(C)c1ccc(S(=O)(=O)OC)cc1.